The van der Waals surface area contributed by atoms with E-state index in [-0.39, 0.29) is 12.0 Å². The summed E-state index contributed by atoms with van der Waals surface area (Å²) in [7, 11) is 4.53. The van der Waals surface area contributed by atoms with Crippen molar-refractivity contribution in [1.82, 2.24) is 0 Å². The van der Waals surface area contributed by atoms with Gasteiger partial charge in [-0.2, -0.15) is 0 Å². The Hall–Kier alpha value is -2.89. The lowest BCUT2D eigenvalue weighted by atomic mass is 10.1. The van der Waals surface area contributed by atoms with Crippen LogP contribution in [0.2, 0.25) is 0 Å². The van der Waals surface area contributed by atoms with Crippen LogP contribution in [0.4, 0.5) is 5.69 Å². The molecule has 0 aromatic heterocycles. The van der Waals surface area contributed by atoms with E-state index in [2.05, 4.69) is 5.32 Å². The Balaban J connectivity index is 2.20. The van der Waals surface area contributed by atoms with Gasteiger partial charge in [-0.1, -0.05) is 0 Å². The van der Waals surface area contributed by atoms with E-state index in [0.29, 0.717) is 28.5 Å². The smallest absolute Gasteiger partial charge is 0.255 e. The van der Waals surface area contributed by atoms with E-state index < -0.39 is 0 Å². The lowest BCUT2D eigenvalue weighted by Gasteiger charge is -2.14. The fraction of sp³-hybridized carbons (Fsp3) is 0.316. The van der Waals surface area contributed by atoms with Gasteiger partial charge in [0.15, 0.2) is 11.5 Å². The third-order valence-corrected chi connectivity index (χ3v) is 3.41. The predicted octanol–water partition coefficient (Wildman–Crippen LogP) is 3.75. The first-order valence-electron chi connectivity index (χ1n) is 7.86. The molecule has 6 heteroatoms. The van der Waals surface area contributed by atoms with Gasteiger partial charge in [-0.3, -0.25) is 4.79 Å². The molecule has 134 valence electrons. The molecule has 0 aliphatic rings. The summed E-state index contributed by atoms with van der Waals surface area (Å²) < 4.78 is 21.4. The van der Waals surface area contributed by atoms with Crippen molar-refractivity contribution in [2.24, 2.45) is 0 Å². The van der Waals surface area contributed by atoms with Crippen LogP contribution in [0, 0.1) is 0 Å². The molecule has 6 nitrogen and oxygen atoms in total. The number of anilines is 1. The zero-order valence-corrected chi connectivity index (χ0v) is 15.1. The number of amides is 1. The summed E-state index contributed by atoms with van der Waals surface area (Å²) in [5.41, 5.74) is 1.06. The Bertz CT molecular complexity index is 700. The van der Waals surface area contributed by atoms with Gasteiger partial charge in [-0.25, -0.2) is 0 Å². The van der Waals surface area contributed by atoms with E-state index in [0.717, 1.165) is 5.75 Å². The molecule has 1 amide bonds. The number of nitrogens with one attached hydrogen (secondary N) is 1. The van der Waals surface area contributed by atoms with Crippen LogP contribution in [-0.2, 0) is 0 Å². The summed E-state index contributed by atoms with van der Waals surface area (Å²) in [4.78, 5) is 12.5. The quantitative estimate of drug-likeness (QED) is 0.828. The Morgan fingerprint density at radius 3 is 1.92 bits per heavy atom. The highest BCUT2D eigenvalue weighted by atomic mass is 16.5. The molecule has 0 spiro atoms. The highest BCUT2D eigenvalue weighted by molar-refractivity contribution is 6.05. The second-order valence-electron chi connectivity index (χ2n) is 5.56. The number of carbonyl (C=O) groups excluding carboxylic acids is 1. The van der Waals surface area contributed by atoms with Gasteiger partial charge in [0.25, 0.3) is 5.91 Å². The van der Waals surface area contributed by atoms with Crippen LogP contribution in [0.15, 0.2) is 36.4 Å². The van der Waals surface area contributed by atoms with Crippen LogP contribution in [0.1, 0.15) is 24.2 Å². The van der Waals surface area contributed by atoms with Crippen molar-refractivity contribution >= 4 is 11.6 Å². The summed E-state index contributed by atoms with van der Waals surface area (Å²) in [6.07, 6.45) is 0.0969. The number of hydrogen-bond donors (Lipinski definition) is 1. The van der Waals surface area contributed by atoms with Crippen molar-refractivity contribution in [3.05, 3.63) is 42.0 Å². The zero-order chi connectivity index (χ0) is 18.4. The molecule has 0 fully saturated rings. The molecular formula is C19H23NO5. The van der Waals surface area contributed by atoms with E-state index in [9.17, 15) is 4.79 Å². The van der Waals surface area contributed by atoms with Crippen molar-refractivity contribution < 1.29 is 23.7 Å². The molecule has 2 aromatic rings. The second-order valence-corrected chi connectivity index (χ2v) is 5.56. The highest BCUT2D eigenvalue weighted by Crippen LogP contribution is 2.38. The molecule has 0 aliphatic carbocycles. The average Bonchev–Trinajstić information content (AvgIpc) is 2.61. The van der Waals surface area contributed by atoms with E-state index in [1.54, 1.807) is 24.3 Å². The molecule has 2 aromatic carbocycles. The van der Waals surface area contributed by atoms with E-state index >= 15 is 0 Å². The van der Waals surface area contributed by atoms with E-state index in [1.807, 2.05) is 26.0 Å². The van der Waals surface area contributed by atoms with E-state index in [1.165, 1.54) is 21.3 Å². The molecule has 0 aliphatic heterocycles. The molecule has 0 atom stereocenters. The SMILES string of the molecule is COc1cc(C(=O)Nc2ccc(OC(C)C)cc2)cc(OC)c1OC. The van der Waals surface area contributed by atoms with Crippen LogP contribution < -0.4 is 24.3 Å². The molecule has 0 heterocycles. The molecule has 0 radical (unpaired) electrons. The van der Waals surface area contributed by atoms with E-state index in [4.69, 9.17) is 18.9 Å². The Morgan fingerprint density at radius 2 is 1.48 bits per heavy atom. The van der Waals surface area contributed by atoms with Crippen LogP contribution in [0.5, 0.6) is 23.0 Å². The van der Waals surface area contributed by atoms with Gasteiger partial charge in [0.1, 0.15) is 5.75 Å². The monoisotopic (exact) mass is 345 g/mol. The maximum absolute atomic E-state index is 12.5. The third kappa shape index (κ3) is 4.56. The van der Waals surface area contributed by atoms with Crippen LogP contribution in [0.25, 0.3) is 0 Å². The summed E-state index contributed by atoms with van der Waals surface area (Å²) in [6.45, 7) is 3.92. The van der Waals surface area contributed by atoms with Crippen molar-refractivity contribution in [3.8, 4) is 23.0 Å². The van der Waals surface area contributed by atoms with Crippen LogP contribution >= 0.6 is 0 Å². The molecule has 0 saturated heterocycles. The summed E-state index contributed by atoms with van der Waals surface area (Å²) in [5.74, 6) is 1.76. The Kier molecular flexibility index (Phi) is 6.11. The summed E-state index contributed by atoms with van der Waals surface area (Å²) >= 11 is 0. The van der Waals surface area contributed by atoms with Crippen molar-refractivity contribution in [1.29, 1.82) is 0 Å². The van der Waals surface area contributed by atoms with Gasteiger partial charge >= 0.3 is 0 Å². The zero-order valence-electron chi connectivity index (χ0n) is 15.1. The average molecular weight is 345 g/mol. The van der Waals surface area contributed by atoms with Gasteiger partial charge in [0.2, 0.25) is 5.75 Å². The molecule has 2 rings (SSSR count). The summed E-state index contributed by atoms with van der Waals surface area (Å²) in [5, 5.41) is 2.83. The summed E-state index contributed by atoms with van der Waals surface area (Å²) in [6, 6.07) is 10.4. The largest absolute Gasteiger partial charge is 0.493 e. The van der Waals surface area contributed by atoms with Gasteiger partial charge in [0.05, 0.1) is 27.4 Å². The molecule has 25 heavy (non-hydrogen) atoms. The minimum Gasteiger partial charge on any atom is -0.493 e. The van der Waals surface area contributed by atoms with Gasteiger partial charge in [0, 0.05) is 11.3 Å². The standard InChI is InChI=1S/C19H23NO5/c1-12(2)25-15-8-6-14(7-9-15)20-19(21)13-10-16(22-3)18(24-5)17(11-13)23-4/h6-12H,1-5H3,(H,20,21). The third-order valence-electron chi connectivity index (χ3n) is 3.41. The van der Waals surface area contributed by atoms with Crippen molar-refractivity contribution in [2.75, 3.05) is 26.6 Å². The normalized spacial score (nSPS) is 10.3. The fourth-order valence-electron chi connectivity index (χ4n) is 2.30. The van der Waals surface area contributed by atoms with Crippen molar-refractivity contribution in [3.63, 3.8) is 0 Å². The lowest BCUT2D eigenvalue weighted by molar-refractivity contribution is 0.102. The predicted molar refractivity (Wildman–Crippen MR) is 96.3 cm³/mol. The second kappa shape index (κ2) is 8.28. The molecular weight excluding hydrogens is 322 g/mol. The lowest BCUT2D eigenvalue weighted by Crippen LogP contribution is -2.12. The first-order chi connectivity index (χ1) is 12.0. The topological polar surface area (TPSA) is 66.0 Å². The van der Waals surface area contributed by atoms with Crippen LogP contribution in [-0.4, -0.2) is 33.3 Å². The highest BCUT2D eigenvalue weighted by Gasteiger charge is 2.17. The number of ether oxygens (including phenoxy) is 4. The minimum atomic E-state index is -0.281. The van der Waals surface area contributed by atoms with Gasteiger partial charge < -0.3 is 24.3 Å². The maximum Gasteiger partial charge on any atom is 0.255 e. The Labute approximate surface area is 147 Å². The number of benzene rings is 2. The number of rotatable bonds is 7. The first kappa shape index (κ1) is 18.4. The maximum atomic E-state index is 12.5. The molecule has 0 saturated carbocycles. The minimum absolute atomic E-state index is 0.0969. The number of methoxy groups -OCH3 is 3. The fourth-order valence-corrected chi connectivity index (χ4v) is 2.30. The first-order valence-corrected chi connectivity index (χ1v) is 7.86. The molecule has 0 bridgehead atoms. The number of carbonyl (C=O) groups is 1. The van der Waals surface area contributed by atoms with Crippen molar-refractivity contribution in [2.45, 2.75) is 20.0 Å². The number of hydrogen-bond acceptors (Lipinski definition) is 5. The Morgan fingerprint density at radius 1 is 0.920 bits per heavy atom. The molecule has 1 N–H and O–H groups in total. The van der Waals surface area contributed by atoms with Gasteiger partial charge in [-0.05, 0) is 50.2 Å². The van der Waals surface area contributed by atoms with Crippen LogP contribution in [0.3, 0.4) is 0 Å². The van der Waals surface area contributed by atoms with Gasteiger partial charge in [-0.15, -0.1) is 0 Å². The molecule has 0 unspecified atom stereocenters.